The summed E-state index contributed by atoms with van der Waals surface area (Å²) in [6.07, 6.45) is -3.12. The Morgan fingerprint density at radius 1 is 1.30 bits per heavy atom. The Balaban J connectivity index is 2.00. The lowest BCUT2D eigenvalue weighted by atomic mass is 10.3. The van der Waals surface area contributed by atoms with Gasteiger partial charge in [-0.05, 0) is 6.92 Å². The Bertz CT molecular complexity index is 1020. The number of fused-ring (bicyclic) bond motifs is 1. The molecule has 12 heteroatoms. The number of rotatable bonds is 5. The Morgan fingerprint density at radius 2 is 2.04 bits per heavy atom. The van der Waals surface area contributed by atoms with Gasteiger partial charge in [0.1, 0.15) is 0 Å². The quantitative estimate of drug-likeness (QED) is 0.476. The van der Waals surface area contributed by atoms with Crippen LogP contribution in [0.2, 0.25) is 5.02 Å². The molecule has 0 bridgehead atoms. The lowest BCUT2D eigenvalue weighted by Crippen LogP contribution is -2.19. The maximum atomic E-state index is 14.2. The molecule has 0 amide bonds. The zero-order chi connectivity index (χ0) is 19.8. The van der Waals surface area contributed by atoms with Gasteiger partial charge in [-0.1, -0.05) is 11.6 Å². The minimum Gasteiger partial charge on any atom is -0.478 e. The highest BCUT2D eigenvalue weighted by Crippen LogP contribution is 2.34. The number of ether oxygens (including phenoxy) is 2. The van der Waals surface area contributed by atoms with E-state index in [2.05, 4.69) is 19.8 Å². The van der Waals surface area contributed by atoms with Gasteiger partial charge in [-0.25, -0.2) is 18.9 Å². The van der Waals surface area contributed by atoms with Crippen molar-refractivity contribution in [3.8, 4) is 17.4 Å². The summed E-state index contributed by atoms with van der Waals surface area (Å²) in [7, 11) is 0. The number of carbonyl (C=O) groups excluding carboxylic acids is 1. The minimum atomic E-state index is -4.59. The van der Waals surface area contributed by atoms with Gasteiger partial charge in [0, 0.05) is 18.3 Å². The van der Waals surface area contributed by atoms with E-state index in [4.69, 9.17) is 16.3 Å². The largest absolute Gasteiger partial charge is 0.478 e. The van der Waals surface area contributed by atoms with Crippen LogP contribution in [0.1, 0.15) is 16.3 Å². The molecular weight excluding hydrogens is 396 g/mol. The van der Waals surface area contributed by atoms with Crippen molar-refractivity contribution < 1.29 is 31.8 Å². The average Bonchev–Trinajstić information content (AvgIpc) is 3.04. The number of hydrogen-bond acceptors (Lipinski definition) is 6. The first-order chi connectivity index (χ1) is 12.7. The zero-order valence-electron chi connectivity index (χ0n) is 13.4. The molecule has 0 atom stereocenters. The third-order valence-electron chi connectivity index (χ3n) is 3.26. The fourth-order valence-corrected chi connectivity index (χ4v) is 2.26. The Morgan fingerprint density at radius 3 is 2.70 bits per heavy atom. The third-order valence-corrected chi connectivity index (χ3v) is 3.46. The van der Waals surface area contributed by atoms with Gasteiger partial charge in [0.05, 0.1) is 10.7 Å². The van der Waals surface area contributed by atoms with Crippen molar-refractivity contribution in [2.24, 2.45) is 0 Å². The van der Waals surface area contributed by atoms with Crippen LogP contribution >= 0.6 is 11.6 Å². The molecule has 0 aliphatic rings. The molecule has 7 nitrogen and oxygen atoms in total. The van der Waals surface area contributed by atoms with Crippen molar-refractivity contribution in [3.05, 3.63) is 40.7 Å². The van der Waals surface area contributed by atoms with Crippen molar-refractivity contribution in [1.29, 1.82) is 0 Å². The summed E-state index contributed by atoms with van der Waals surface area (Å²) < 4.78 is 62.5. The highest BCUT2D eigenvalue weighted by molar-refractivity contribution is 6.30. The van der Waals surface area contributed by atoms with Crippen LogP contribution in [0.3, 0.4) is 0 Å². The molecule has 3 aromatic heterocycles. The number of carbonyl (C=O) groups is 1. The maximum Gasteiger partial charge on any atom is 0.422 e. The minimum absolute atomic E-state index is 0.0183. The number of halogens is 5. The van der Waals surface area contributed by atoms with Gasteiger partial charge < -0.3 is 9.47 Å². The molecule has 27 heavy (non-hydrogen) atoms. The number of aldehydes is 1. The number of nitrogens with zero attached hydrogens (tertiary/aromatic N) is 4. The first-order valence-corrected chi connectivity index (χ1v) is 7.60. The topological polar surface area (TPSA) is 78.6 Å². The molecule has 0 aromatic carbocycles. The van der Waals surface area contributed by atoms with Crippen LogP contribution in [-0.2, 0) is 0 Å². The van der Waals surface area contributed by atoms with Gasteiger partial charge in [0.15, 0.2) is 35.9 Å². The van der Waals surface area contributed by atoms with Crippen LogP contribution in [0, 0.1) is 12.7 Å². The molecular formula is C15H9ClF4N4O3. The Labute approximate surface area is 153 Å². The monoisotopic (exact) mass is 404 g/mol. The molecule has 0 radical (unpaired) electrons. The number of hydrogen-bond donors (Lipinski definition) is 0. The van der Waals surface area contributed by atoms with Crippen LogP contribution in [0.25, 0.3) is 5.65 Å². The summed E-state index contributed by atoms with van der Waals surface area (Å²) in [4.78, 5) is 18.3. The lowest BCUT2D eigenvalue weighted by molar-refractivity contribution is -0.153. The summed E-state index contributed by atoms with van der Waals surface area (Å²) in [6, 6.07) is 2.03. The molecule has 3 heterocycles. The van der Waals surface area contributed by atoms with E-state index in [1.54, 1.807) is 0 Å². The van der Waals surface area contributed by atoms with Gasteiger partial charge in [-0.15, -0.1) is 5.10 Å². The van der Waals surface area contributed by atoms with E-state index in [1.807, 2.05) is 0 Å². The van der Waals surface area contributed by atoms with E-state index in [1.165, 1.54) is 6.92 Å². The van der Waals surface area contributed by atoms with E-state index in [0.717, 1.165) is 22.8 Å². The Hall–Kier alpha value is -2.95. The molecule has 0 N–H and O–H groups in total. The van der Waals surface area contributed by atoms with E-state index >= 15 is 0 Å². The van der Waals surface area contributed by atoms with E-state index in [0.29, 0.717) is 6.29 Å². The van der Waals surface area contributed by atoms with Crippen molar-refractivity contribution in [2.45, 2.75) is 13.1 Å². The van der Waals surface area contributed by atoms with Crippen LogP contribution in [0.5, 0.6) is 17.4 Å². The molecule has 142 valence electrons. The normalized spacial score (nSPS) is 11.6. The zero-order valence-corrected chi connectivity index (χ0v) is 14.2. The predicted octanol–water partition coefficient (Wildman–Crippen LogP) is 3.77. The average molecular weight is 405 g/mol. The summed E-state index contributed by atoms with van der Waals surface area (Å²) in [5.74, 6) is -1.96. The fraction of sp³-hybridized carbons (Fsp3) is 0.200. The molecule has 0 spiro atoms. The summed E-state index contributed by atoms with van der Waals surface area (Å²) >= 11 is 5.73. The van der Waals surface area contributed by atoms with Crippen molar-refractivity contribution >= 4 is 23.5 Å². The highest BCUT2D eigenvalue weighted by Gasteiger charge is 2.29. The number of alkyl halides is 3. The van der Waals surface area contributed by atoms with Crippen molar-refractivity contribution in [1.82, 2.24) is 19.6 Å². The third kappa shape index (κ3) is 4.08. The van der Waals surface area contributed by atoms with Crippen LogP contribution in [-0.4, -0.2) is 38.7 Å². The van der Waals surface area contributed by atoms with Gasteiger partial charge in [-0.2, -0.15) is 13.2 Å². The second-order valence-electron chi connectivity index (χ2n) is 5.23. The Kier molecular flexibility index (Phi) is 4.87. The predicted molar refractivity (Wildman–Crippen MR) is 83.9 cm³/mol. The van der Waals surface area contributed by atoms with Crippen LogP contribution in [0.4, 0.5) is 17.6 Å². The number of aromatic nitrogens is 4. The van der Waals surface area contributed by atoms with E-state index in [-0.39, 0.29) is 39.6 Å². The second kappa shape index (κ2) is 6.99. The fourth-order valence-electron chi connectivity index (χ4n) is 2.11. The van der Waals surface area contributed by atoms with Gasteiger partial charge in [0.25, 0.3) is 5.88 Å². The van der Waals surface area contributed by atoms with E-state index < -0.39 is 18.6 Å². The SMILES string of the molecule is Cc1c(Oc2ncc(Cl)cc2OCC(F)(F)F)cc(F)c2nc(C=O)nn12. The first-order valence-electron chi connectivity index (χ1n) is 7.22. The number of pyridine rings is 2. The van der Waals surface area contributed by atoms with Crippen LogP contribution in [0.15, 0.2) is 18.3 Å². The molecule has 0 fully saturated rings. The number of aryl methyl sites for hydroxylation is 1. The molecule has 0 aliphatic carbocycles. The molecule has 0 aliphatic heterocycles. The summed E-state index contributed by atoms with van der Waals surface area (Å²) in [5.41, 5.74) is 0.0186. The van der Waals surface area contributed by atoms with Crippen LogP contribution < -0.4 is 9.47 Å². The van der Waals surface area contributed by atoms with E-state index in [9.17, 15) is 22.4 Å². The molecule has 0 saturated heterocycles. The summed E-state index contributed by atoms with van der Waals surface area (Å²) in [5, 5.41) is 3.81. The van der Waals surface area contributed by atoms with Gasteiger partial charge in [0.2, 0.25) is 5.82 Å². The van der Waals surface area contributed by atoms with Crippen molar-refractivity contribution in [3.63, 3.8) is 0 Å². The smallest absolute Gasteiger partial charge is 0.422 e. The lowest BCUT2D eigenvalue weighted by Gasteiger charge is -2.14. The molecule has 3 aromatic rings. The molecule has 0 unspecified atom stereocenters. The van der Waals surface area contributed by atoms with Crippen molar-refractivity contribution in [2.75, 3.05) is 6.61 Å². The standard InChI is InChI=1S/C15H9ClF4N4O3/c1-7-10(3-9(17)13-22-12(5-25)23-24(7)13)27-14-11(2-8(16)4-21-14)26-6-15(18,19)20/h2-5H,6H2,1H3. The van der Waals surface area contributed by atoms with Gasteiger partial charge in [-0.3, -0.25) is 4.79 Å². The maximum absolute atomic E-state index is 14.2. The first kappa shape index (κ1) is 18.8. The molecule has 3 rings (SSSR count). The van der Waals surface area contributed by atoms with Gasteiger partial charge >= 0.3 is 6.18 Å². The summed E-state index contributed by atoms with van der Waals surface area (Å²) in [6.45, 7) is -0.110. The molecule has 0 saturated carbocycles. The highest BCUT2D eigenvalue weighted by atomic mass is 35.5. The second-order valence-corrected chi connectivity index (χ2v) is 5.66.